The van der Waals surface area contributed by atoms with Crippen LogP contribution >= 0.6 is 0 Å². The maximum Gasteiger partial charge on any atom is 0.312 e. The van der Waals surface area contributed by atoms with Gasteiger partial charge in [0, 0.05) is 24.6 Å². The molecule has 0 saturated carbocycles. The van der Waals surface area contributed by atoms with Crippen molar-refractivity contribution in [2.75, 3.05) is 20.1 Å². The molecule has 4 aliphatic rings. The number of carbonyl (C=O) groups excluding carboxylic acids is 2. The molecule has 1 saturated heterocycles. The Bertz CT molecular complexity index is 1130. The predicted molar refractivity (Wildman–Crippen MR) is 119 cm³/mol. The number of benzene rings is 1. The lowest BCUT2D eigenvalue weighted by Gasteiger charge is -2.61. The van der Waals surface area contributed by atoms with Crippen molar-refractivity contribution in [2.45, 2.75) is 61.4 Å². The molecule has 188 valence electrons. The second-order valence-electron chi connectivity index (χ2n) is 9.73. The van der Waals surface area contributed by atoms with Crippen molar-refractivity contribution in [3.8, 4) is 11.5 Å². The fourth-order valence-electron chi connectivity index (χ4n) is 6.28. The van der Waals surface area contributed by atoms with Gasteiger partial charge < -0.3 is 40.1 Å². The van der Waals surface area contributed by atoms with Crippen LogP contribution in [-0.4, -0.2) is 87.2 Å². The summed E-state index contributed by atoms with van der Waals surface area (Å²) in [6.45, 7) is 0.549. The first kappa shape index (κ1) is 23.6. The molecule has 0 aromatic heterocycles. The van der Waals surface area contributed by atoms with Crippen LogP contribution in [-0.2, 0) is 31.0 Å². The van der Waals surface area contributed by atoms with E-state index < -0.39 is 47.5 Å². The van der Waals surface area contributed by atoms with Crippen molar-refractivity contribution >= 4 is 17.8 Å². The summed E-state index contributed by atoms with van der Waals surface area (Å²) in [6, 6.07) is 3.28. The van der Waals surface area contributed by atoms with Gasteiger partial charge >= 0.3 is 11.9 Å². The van der Waals surface area contributed by atoms with Gasteiger partial charge in [-0.3, -0.25) is 14.4 Å². The highest BCUT2D eigenvalue weighted by atomic mass is 16.6. The summed E-state index contributed by atoms with van der Waals surface area (Å²) < 4.78 is 11.8. The third-order valence-electron chi connectivity index (χ3n) is 7.88. The van der Waals surface area contributed by atoms with E-state index in [4.69, 9.17) is 14.6 Å². The maximum atomic E-state index is 12.6. The van der Waals surface area contributed by atoms with E-state index in [1.165, 1.54) is 0 Å². The number of amides is 1. The summed E-state index contributed by atoms with van der Waals surface area (Å²) in [7, 11) is 1.98. The third-order valence-corrected chi connectivity index (χ3v) is 7.88. The Balaban J connectivity index is 1.35. The molecule has 1 spiro atoms. The van der Waals surface area contributed by atoms with Crippen molar-refractivity contribution in [1.29, 1.82) is 0 Å². The van der Waals surface area contributed by atoms with Gasteiger partial charge in [-0.15, -0.1) is 0 Å². The number of hydrogen-bond donors (Lipinski definition) is 5. The molecular formula is C24H28N2O9. The zero-order valence-corrected chi connectivity index (χ0v) is 19.2. The largest absolute Gasteiger partial charge is 0.504 e. The fraction of sp³-hybridized carbons (Fsp3) is 0.542. The number of aliphatic hydroxyl groups excluding tert-OH is 1. The Morgan fingerprint density at radius 1 is 1.34 bits per heavy atom. The molecule has 1 aromatic rings. The number of aliphatic hydroxyl groups is 2. The van der Waals surface area contributed by atoms with Crippen molar-refractivity contribution in [1.82, 2.24) is 10.2 Å². The molecule has 0 radical (unpaired) electrons. The molecule has 2 bridgehead atoms. The molecule has 1 aromatic carbocycles. The van der Waals surface area contributed by atoms with Crippen LogP contribution in [0.25, 0.3) is 0 Å². The molecule has 2 aliphatic heterocycles. The predicted octanol–water partition coefficient (Wildman–Crippen LogP) is -0.445. The highest BCUT2D eigenvalue weighted by Crippen LogP contribution is 2.65. The van der Waals surface area contributed by atoms with Crippen LogP contribution in [0, 0.1) is 0 Å². The van der Waals surface area contributed by atoms with E-state index in [0.717, 1.165) is 11.1 Å². The molecule has 1 amide bonds. The number of rotatable bonds is 7. The van der Waals surface area contributed by atoms with E-state index in [2.05, 4.69) is 10.2 Å². The van der Waals surface area contributed by atoms with E-state index in [-0.39, 0.29) is 36.9 Å². The normalized spacial score (nSPS) is 31.0. The topological polar surface area (TPSA) is 166 Å². The van der Waals surface area contributed by atoms with Crippen LogP contribution in [0.15, 0.2) is 24.0 Å². The number of aromatic hydroxyl groups is 1. The van der Waals surface area contributed by atoms with Gasteiger partial charge in [-0.25, -0.2) is 0 Å². The zero-order valence-electron chi connectivity index (χ0n) is 19.2. The highest BCUT2D eigenvalue weighted by Gasteiger charge is 2.72. The number of nitrogens with one attached hydrogen (secondary N) is 1. The maximum absolute atomic E-state index is 12.6. The average Bonchev–Trinajstić information content (AvgIpc) is 3.15. The first-order valence-corrected chi connectivity index (χ1v) is 11.6. The molecule has 0 unspecified atom stereocenters. The van der Waals surface area contributed by atoms with Crippen LogP contribution < -0.4 is 10.1 Å². The number of likely N-dealkylation sites (N-methyl/N-ethyl adjacent to an activating group) is 1. The van der Waals surface area contributed by atoms with Gasteiger partial charge in [-0.2, -0.15) is 0 Å². The van der Waals surface area contributed by atoms with Gasteiger partial charge in [0.05, 0.1) is 23.9 Å². The Hall–Kier alpha value is -3.15. The number of carbonyl (C=O) groups is 3. The third kappa shape index (κ3) is 3.40. The van der Waals surface area contributed by atoms with E-state index in [1.54, 1.807) is 12.1 Å². The molecule has 11 heteroatoms. The summed E-state index contributed by atoms with van der Waals surface area (Å²) in [5.41, 5.74) is -0.251. The number of piperidine rings is 1. The van der Waals surface area contributed by atoms with Gasteiger partial charge in [-0.05, 0) is 44.1 Å². The van der Waals surface area contributed by atoms with Crippen LogP contribution in [0.4, 0.5) is 0 Å². The van der Waals surface area contributed by atoms with Gasteiger partial charge in [0.2, 0.25) is 5.91 Å². The molecule has 5 atom stereocenters. The number of carboxylic acid groups (broad SMARTS) is 1. The molecule has 2 aliphatic carbocycles. The zero-order chi connectivity index (χ0) is 25.1. The van der Waals surface area contributed by atoms with Gasteiger partial charge in [0.15, 0.2) is 17.6 Å². The van der Waals surface area contributed by atoms with Crippen molar-refractivity contribution in [3.63, 3.8) is 0 Å². The van der Waals surface area contributed by atoms with Crippen LogP contribution in [0.3, 0.4) is 0 Å². The second-order valence-corrected chi connectivity index (χ2v) is 9.73. The molecule has 1 fully saturated rings. The summed E-state index contributed by atoms with van der Waals surface area (Å²) in [5.74, 6) is -2.32. The molecule has 5 rings (SSSR count). The van der Waals surface area contributed by atoms with Gasteiger partial charge in [0.25, 0.3) is 0 Å². The van der Waals surface area contributed by atoms with Crippen molar-refractivity contribution in [2.24, 2.45) is 0 Å². The number of aliphatic carboxylic acids is 1. The Morgan fingerprint density at radius 2 is 2.11 bits per heavy atom. The first-order chi connectivity index (χ1) is 16.6. The van der Waals surface area contributed by atoms with Crippen LogP contribution in [0.5, 0.6) is 11.5 Å². The fourth-order valence-corrected chi connectivity index (χ4v) is 6.28. The minimum atomic E-state index is -1.71. The van der Waals surface area contributed by atoms with Crippen LogP contribution in [0.1, 0.15) is 36.8 Å². The van der Waals surface area contributed by atoms with E-state index >= 15 is 0 Å². The average molecular weight is 488 g/mol. The van der Waals surface area contributed by atoms with Crippen molar-refractivity contribution in [3.05, 3.63) is 35.1 Å². The smallest absolute Gasteiger partial charge is 0.312 e. The molecule has 11 nitrogen and oxygen atoms in total. The van der Waals surface area contributed by atoms with E-state index in [1.807, 2.05) is 13.1 Å². The molecule has 35 heavy (non-hydrogen) atoms. The second kappa shape index (κ2) is 8.21. The SMILES string of the molecule is CN1CC[C@]23c4c5ccc(O)c4O[C@H]2C(OC(=O)CCNC(=O)[C@@H](O)CC(=O)O)=CC[C@@]3(O)[C@@H]1C5. The lowest BCUT2D eigenvalue weighted by Crippen LogP contribution is -2.74. The highest BCUT2D eigenvalue weighted by molar-refractivity contribution is 5.85. The number of esters is 1. The van der Waals surface area contributed by atoms with Gasteiger partial charge in [0.1, 0.15) is 11.9 Å². The molecule has 5 N–H and O–H groups in total. The number of phenols is 1. The summed E-state index contributed by atoms with van der Waals surface area (Å²) in [6.07, 6.45) is -0.387. The number of carboxylic acids is 1. The monoisotopic (exact) mass is 488 g/mol. The summed E-state index contributed by atoms with van der Waals surface area (Å²) in [5, 5.41) is 43.1. The minimum absolute atomic E-state index is 0.0273. The van der Waals surface area contributed by atoms with Gasteiger partial charge in [-0.1, -0.05) is 6.07 Å². The van der Waals surface area contributed by atoms with Crippen molar-refractivity contribution < 1.29 is 44.3 Å². The number of hydrogen-bond acceptors (Lipinski definition) is 9. The Labute approximate surface area is 200 Å². The molecule has 2 heterocycles. The number of ether oxygens (including phenoxy) is 2. The minimum Gasteiger partial charge on any atom is -0.504 e. The lowest BCUT2D eigenvalue weighted by molar-refractivity contribution is -0.169. The van der Waals surface area contributed by atoms with E-state index in [9.17, 15) is 29.7 Å². The van der Waals surface area contributed by atoms with Crippen LogP contribution in [0.2, 0.25) is 0 Å². The standard InChI is InChI=1S/C24H28N2O9/c1-26-9-7-23-19-12-2-3-13(27)20(19)35-21(23)15(4-6-24(23,33)16(26)10-12)34-18(31)5-8-25-22(32)14(28)11-17(29)30/h2-4,14,16,21,27-28,33H,5-11H2,1H3,(H,25,32)(H,29,30)/t14-,16-,21-,23-,24+/m0/s1. The lowest BCUT2D eigenvalue weighted by atomic mass is 9.50. The first-order valence-electron chi connectivity index (χ1n) is 11.6. The number of nitrogens with zero attached hydrogens (tertiary/aromatic N) is 1. The summed E-state index contributed by atoms with van der Waals surface area (Å²) in [4.78, 5) is 37.1. The quantitative estimate of drug-likeness (QED) is 0.318. The Morgan fingerprint density at radius 3 is 2.86 bits per heavy atom. The number of likely N-dealkylation sites (tertiary alicyclic amines) is 1. The molecular weight excluding hydrogens is 460 g/mol. The van der Waals surface area contributed by atoms with E-state index in [0.29, 0.717) is 25.1 Å². The Kier molecular flexibility index (Phi) is 5.53. The summed E-state index contributed by atoms with van der Waals surface area (Å²) >= 11 is 0. The number of phenolic OH excluding ortho intramolecular Hbond substituents is 1.